The summed E-state index contributed by atoms with van der Waals surface area (Å²) in [6, 6.07) is 5.57. The Hall–Kier alpha value is -2.21. The van der Waals surface area contributed by atoms with Gasteiger partial charge in [-0.2, -0.15) is 0 Å². The first kappa shape index (κ1) is 18.2. The van der Waals surface area contributed by atoms with E-state index in [0.717, 1.165) is 31.2 Å². The van der Waals surface area contributed by atoms with Crippen molar-refractivity contribution < 1.29 is 18.7 Å². The fraction of sp³-hybridized carbons (Fsp3) is 0.524. The Morgan fingerprint density at radius 1 is 1.15 bits per heavy atom. The van der Waals surface area contributed by atoms with Crippen LogP contribution in [0.5, 0.6) is 0 Å². The molecule has 0 radical (unpaired) electrons. The Bertz CT molecular complexity index is 787. The summed E-state index contributed by atoms with van der Waals surface area (Å²) in [6.07, 6.45) is 3.48. The monoisotopic (exact) mass is 372 g/mol. The summed E-state index contributed by atoms with van der Waals surface area (Å²) in [5, 5.41) is 0. The zero-order valence-corrected chi connectivity index (χ0v) is 15.8. The molecule has 1 aromatic rings. The molecule has 1 amide bonds. The van der Waals surface area contributed by atoms with E-state index in [1.807, 2.05) is 19.0 Å². The molecule has 4 rings (SSSR count). The molecule has 144 valence electrons. The number of likely N-dealkylation sites (N-methyl/N-ethyl adjacent to an activating group) is 1. The molecule has 0 saturated heterocycles. The largest absolute Gasteiger partial charge is 0.483 e. The van der Waals surface area contributed by atoms with Gasteiger partial charge in [-0.25, -0.2) is 4.39 Å². The number of ether oxygens (including phenoxy) is 1. The summed E-state index contributed by atoms with van der Waals surface area (Å²) in [6.45, 7) is 1.15. The lowest BCUT2D eigenvalue weighted by molar-refractivity contribution is -0.135. The van der Waals surface area contributed by atoms with Gasteiger partial charge in [0, 0.05) is 13.1 Å². The number of nitrogens with zero attached hydrogens (tertiary/aromatic N) is 2. The number of ketones is 1. The maximum atomic E-state index is 13.4. The third-order valence-electron chi connectivity index (χ3n) is 5.83. The molecular formula is C21H25FN2O3. The highest BCUT2D eigenvalue weighted by molar-refractivity contribution is 6.11. The number of fused-ring (bicyclic) bond motifs is 1. The minimum absolute atomic E-state index is 0.0379. The van der Waals surface area contributed by atoms with Crippen LogP contribution in [0, 0.1) is 11.7 Å². The van der Waals surface area contributed by atoms with E-state index in [4.69, 9.17) is 4.74 Å². The highest BCUT2D eigenvalue weighted by atomic mass is 19.1. The number of halogens is 1. The SMILES string of the molecule is CN(C)CCN1C(=O)C2=C(C(=O)C3CCCCC3O2)C1c1ccc(F)cc1. The van der Waals surface area contributed by atoms with Crippen LogP contribution in [0.2, 0.25) is 0 Å². The topological polar surface area (TPSA) is 49.9 Å². The molecule has 3 aliphatic rings. The second kappa shape index (κ2) is 7.08. The van der Waals surface area contributed by atoms with Gasteiger partial charge < -0.3 is 14.5 Å². The molecule has 3 atom stereocenters. The van der Waals surface area contributed by atoms with Crippen molar-refractivity contribution in [3.63, 3.8) is 0 Å². The van der Waals surface area contributed by atoms with Gasteiger partial charge in [-0.3, -0.25) is 9.59 Å². The van der Waals surface area contributed by atoms with E-state index in [-0.39, 0.29) is 35.3 Å². The first-order chi connectivity index (χ1) is 13.0. The van der Waals surface area contributed by atoms with Gasteiger partial charge in [0.05, 0.1) is 17.5 Å². The predicted molar refractivity (Wildman–Crippen MR) is 98.3 cm³/mol. The van der Waals surface area contributed by atoms with Crippen molar-refractivity contribution in [3.05, 3.63) is 47.0 Å². The van der Waals surface area contributed by atoms with Crippen molar-refractivity contribution in [2.24, 2.45) is 5.92 Å². The molecule has 2 heterocycles. The number of benzene rings is 1. The quantitative estimate of drug-likeness (QED) is 0.815. The summed E-state index contributed by atoms with van der Waals surface area (Å²) in [4.78, 5) is 30.1. The molecule has 5 nitrogen and oxygen atoms in total. The van der Waals surface area contributed by atoms with Gasteiger partial charge >= 0.3 is 0 Å². The van der Waals surface area contributed by atoms with Crippen LogP contribution < -0.4 is 0 Å². The van der Waals surface area contributed by atoms with Crippen molar-refractivity contribution in [1.82, 2.24) is 9.80 Å². The van der Waals surface area contributed by atoms with E-state index in [1.54, 1.807) is 17.0 Å². The molecule has 6 heteroatoms. The molecule has 3 unspecified atom stereocenters. The summed E-state index contributed by atoms with van der Waals surface area (Å²) in [7, 11) is 3.88. The van der Waals surface area contributed by atoms with Gasteiger partial charge in [-0.15, -0.1) is 0 Å². The van der Waals surface area contributed by atoms with Crippen LogP contribution in [0.1, 0.15) is 37.3 Å². The number of carbonyl (C=O) groups excluding carboxylic acids is 2. The minimum atomic E-state index is -0.497. The molecule has 1 aromatic carbocycles. The fourth-order valence-electron chi connectivity index (χ4n) is 4.42. The Morgan fingerprint density at radius 2 is 1.85 bits per heavy atom. The lowest BCUT2D eigenvalue weighted by Crippen LogP contribution is -2.39. The van der Waals surface area contributed by atoms with E-state index in [9.17, 15) is 14.0 Å². The fourth-order valence-corrected chi connectivity index (χ4v) is 4.42. The van der Waals surface area contributed by atoms with Gasteiger partial charge in [0.25, 0.3) is 5.91 Å². The standard InChI is InChI=1S/C21H25FN2O3/c1-23(2)11-12-24-18(13-7-9-14(22)10-8-13)17-19(25)15-5-3-4-6-16(15)27-20(17)21(24)26/h7-10,15-16,18H,3-6,11-12H2,1-2H3. The van der Waals surface area contributed by atoms with Crippen LogP contribution in [0.15, 0.2) is 35.6 Å². The Labute approximate surface area is 158 Å². The lowest BCUT2D eigenvalue weighted by atomic mass is 9.77. The molecule has 1 aliphatic carbocycles. The Balaban J connectivity index is 1.75. The number of Topliss-reactive ketones (excluding diaryl/α,β-unsaturated/α-hetero) is 1. The van der Waals surface area contributed by atoms with Crippen LogP contribution in [0.4, 0.5) is 4.39 Å². The molecule has 0 aromatic heterocycles. The average molecular weight is 372 g/mol. The molecule has 0 spiro atoms. The maximum absolute atomic E-state index is 13.4. The number of hydrogen-bond acceptors (Lipinski definition) is 4. The zero-order chi connectivity index (χ0) is 19.1. The van der Waals surface area contributed by atoms with Crippen LogP contribution in [-0.4, -0.2) is 54.8 Å². The molecule has 0 bridgehead atoms. The van der Waals surface area contributed by atoms with E-state index < -0.39 is 6.04 Å². The van der Waals surface area contributed by atoms with Crippen molar-refractivity contribution in [2.75, 3.05) is 27.2 Å². The van der Waals surface area contributed by atoms with Gasteiger partial charge in [-0.1, -0.05) is 18.6 Å². The molecule has 27 heavy (non-hydrogen) atoms. The van der Waals surface area contributed by atoms with Crippen molar-refractivity contribution in [3.8, 4) is 0 Å². The normalized spacial score (nSPS) is 27.7. The van der Waals surface area contributed by atoms with Gasteiger partial charge in [0.1, 0.15) is 11.9 Å². The highest BCUT2D eigenvalue weighted by Crippen LogP contribution is 2.46. The van der Waals surface area contributed by atoms with Gasteiger partial charge in [0.15, 0.2) is 11.5 Å². The first-order valence-electron chi connectivity index (χ1n) is 9.63. The second-order valence-corrected chi connectivity index (χ2v) is 7.91. The first-order valence-corrected chi connectivity index (χ1v) is 9.63. The van der Waals surface area contributed by atoms with E-state index in [0.29, 0.717) is 18.7 Å². The molecule has 2 aliphatic heterocycles. The molecule has 1 fully saturated rings. The zero-order valence-electron chi connectivity index (χ0n) is 15.8. The number of carbonyl (C=O) groups is 2. The molecular weight excluding hydrogens is 347 g/mol. The second-order valence-electron chi connectivity index (χ2n) is 7.91. The van der Waals surface area contributed by atoms with Crippen molar-refractivity contribution in [1.29, 1.82) is 0 Å². The van der Waals surface area contributed by atoms with Crippen LogP contribution >= 0.6 is 0 Å². The maximum Gasteiger partial charge on any atom is 0.290 e. The lowest BCUT2D eigenvalue weighted by Gasteiger charge is -2.35. The number of hydrogen-bond donors (Lipinski definition) is 0. The van der Waals surface area contributed by atoms with Crippen molar-refractivity contribution >= 4 is 11.7 Å². The van der Waals surface area contributed by atoms with Crippen LogP contribution in [0.25, 0.3) is 0 Å². The minimum Gasteiger partial charge on any atom is -0.483 e. The average Bonchev–Trinajstić information content (AvgIpc) is 2.93. The number of rotatable bonds is 4. The highest BCUT2D eigenvalue weighted by Gasteiger charge is 2.51. The third-order valence-corrected chi connectivity index (χ3v) is 5.83. The Kier molecular flexibility index (Phi) is 4.76. The summed E-state index contributed by atoms with van der Waals surface area (Å²) < 4.78 is 19.5. The molecule has 1 saturated carbocycles. The Morgan fingerprint density at radius 3 is 2.56 bits per heavy atom. The van der Waals surface area contributed by atoms with Crippen LogP contribution in [-0.2, 0) is 14.3 Å². The van der Waals surface area contributed by atoms with Crippen LogP contribution in [0.3, 0.4) is 0 Å². The van der Waals surface area contributed by atoms with E-state index in [2.05, 4.69) is 0 Å². The smallest absolute Gasteiger partial charge is 0.290 e. The van der Waals surface area contributed by atoms with Gasteiger partial charge in [0.2, 0.25) is 0 Å². The van der Waals surface area contributed by atoms with Crippen molar-refractivity contribution in [2.45, 2.75) is 37.8 Å². The summed E-state index contributed by atoms with van der Waals surface area (Å²) in [5.74, 6) is -0.469. The summed E-state index contributed by atoms with van der Waals surface area (Å²) in [5.41, 5.74) is 1.22. The van der Waals surface area contributed by atoms with E-state index >= 15 is 0 Å². The number of amides is 1. The summed E-state index contributed by atoms with van der Waals surface area (Å²) >= 11 is 0. The van der Waals surface area contributed by atoms with E-state index in [1.165, 1.54) is 12.1 Å². The molecule has 0 N–H and O–H groups in total. The van der Waals surface area contributed by atoms with Gasteiger partial charge in [-0.05, 0) is 51.1 Å². The predicted octanol–water partition coefficient (Wildman–Crippen LogP) is 2.68. The third kappa shape index (κ3) is 3.16.